The van der Waals surface area contributed by atoms with Crippen LogP contribution in [0, 0.1) is 0 Å². The minimum absolute atomic E-state index is 0.558. The summed E-state index contributed by atoms with van der Waals surface area (Å²) in [6.07, 6.45) is 2.36. The molecule has 1 aromatic carbocycles. The van der Waals surface area contributed by atoms with Gasteiger partial charge >= 0.3 is 0 Å². The summed E-state index contributed by atoms with van der Waals surface area (Å²) in [6.45, 7) is 6.18. The van der Waals surface area contributed by atoms with E-state index in [1.807, 2.05) is 50.2 Å². The topological polar surface area (TPSA) is 39.4 Å². The third-order valence-corrected chi connectivity index (χ3v) is 4.75. The molecule has 0 unspecified atom stereocenters. The Kier molecular flexibility index (Phi) is 7.59. The number of methoxy groups -OCH3 is 1. The summed E-state index contributed by atoms with van der Waals surface area (Å²) < 4.78 is 6.87. The van der Waals surface area contributed by atoms with Gasteiger partial charge in [0.05, 0.1) is 12.8 Å². The largest absolute Gasteiger partial charge is 0.497 e. The summed E-state index contributed by atoms with van der Waals surface area (Å²) in [5.74, 6) is 1.88. The van der Waals surface area contributed by atoms with Crippen LogP contribution >= 0.6 is 23.4 Å². The first kappa shape index (κ1) is 19.6. The molecule has 6 heteroatoms. The van der Waals surface area contributed by atoms with Crippen molar-refractivity contribution in [2.24, 2.45) is 0 Å². The van der Waals surface area contributed by atoms with Crippen molar-refractivity contribution in [3.63, 3.8) is 0 Å². The molecule has 25 heavy (non-hydrogen) atoms. The van der Waals surface area contributed by atoms with Crippen molar-refractivity contribution < 1.29 is 4.74 Å². The first-order valence-electron chi connectivity index (χ1n) is 8.55. The Morgan fingerprint density at radius 3 is 2.52 bits per heavy atom. The molecule has 134 valence electrons. The predicted octanol–water partition coefficient (Wildman–Crippen LogP) is 5.98. The highest BCUT2D eigenvalue weighted by Crippen LogP contribution is 2.26. The predicted molar refractivity (Wildman–Crippen MR) is 107 cm³/mol. The lowest BCUT2D eigenvalue weighted by Crippen LogP contribution is -1.94. The van der Waals surface area contributed by atoms with Gasteiger partial charge in [-0.05, 0) is 36.4 Å². The lowest BCUT2D eigenvalue weighted by molar-refractivity contribution is 0.415. The number of unbranched alkanes of at least 4 members (excludes halogenated alkanes) is 1. The van der Waals surface area contributed by atoms with Crippen LogP contribution in [0.2, 0.25) is 5.15 Å². The summed E-state index contributed by atoms with van der Waals surface area (Å²) in [6, 6.07) is 11.6. The maximum absolute atomic E-state index is 6.37. The van der Waals surface area contributed by atoms with Crippen molar-refractivity contribution in [3.05, 3.63) is 41.6 Å². The number of hydrogen-bond acceptors (Lipinski definition) is 4. The highest BCUT2D eigenvalue weighted by Gasteiger charge is 2.10. The van der Waals surface area contributed by atoms with Crippen LogP contribution in [0.15, 0.2) is 41.4 Å². The molecule has 3 rings (SSSR count). The van der Waals surface area contributed by atoms with Crippen molar-refractivity contribution in [2.45, 2.75) is 38.6 Å². The second-order valence-corrected chi connectivity index (χ2v) is 6.65. The smallest absolute Gasteiger partial charge is 0.158 e. The third-order valence-electron chi connectivity index (χ3n) is 3.49. The van der Waals surface area contributed by atoms with Crippen LogP contribution in [0.4, 0.5) is 0 Å². The molecule has 2 heterocycles. The normalized spacial score (nSPS) is 10.4. The van der Waals surface area contributed by atoms with Gasteiger partial charge in [-0.15, -0.1) is 11.8 Å². The molecule has 0 N–H and O–H groups in total. The van der Waals surface area contributed by atoms with Crippen LogP contribution in [0.25, 0.3) is 16.9 Å². The molecule has 0 saturated carbocycles. The molecule has 0 atom stereocenters. The van der Waals surface area contributed by atoms with Gasteiger partial charge in [-0.2, -0.15) is 5.10 Å². The van der Waals surface area contributed by atoms with Gasteiger partial charge in [0.15, 0.2) is 5.65 Å². The zero-order valence-corrected chi connectivity index (χ0v) is 16.7. The fraction of sp³-hybridized carbons (Fsp3) is 0.368. The number of ether oxygens (including phenoxy) is 1. The summed E-state index contributed by atoms with van der Waals surface area (Å²) in [5, 5.41) is 6.03. The van der Waals surface area contributed by atoms with Gasteiger partial charge in [0.2, 0.25) is 0 Å². The first-order chi connectivity index (χ1) is 12.2. The third kappa shape index (κ3) is 4.89. The maximum atomic E-state index is 6.37. The Morgan fingerprint density at radius 2 is 1.88 bits per heavy atom. The number of rotatable bonds is 6. The average molecular weight is 378 g/mol. The molecule has 0 fully saturated rings. The molecule has 0 aliphatic heterocycles. The van der Waals surface area contributed by atoms with Crippen molar-refractivity contribution in [1.82, 2.24) is 14.6 Å². The van der Waals surface area contributed by atoms with Crippen molar-refractivity contribution in [3.8, 4) is 17.0 Å². The van der Waals surface area contributed by atoms with E-state index in [4.69, 9.17) is 16.3 Å². The summed E-state index contributed by atoms with van der Waals surface area (Å²) in [5.41, 5.74) is 2.59. The number of nitrogens with zero attached hydrogens (tertiary/aromatic N) is 3. The molecule has 0 bridgehead atoms. The summed E-state index contributed by atoms with van der Waals surface area (Å²) in [4.78, 5) is 4.67. The minimum atomic E-state index is 0.558. The van der Waals surface area contributed by atoms with Crippen LogP contribution < -0.4 is 4.74 Å². The van der Waals surface area contributed by atoms with Crippen LogP contribution in [-0.4, -0.2) is 27.5 Å². The molecule has 0 spiro atoms. The fourth-order valence-electron chi connectivity index (χ4n) is 2.22. The molecular formula is C19H24ClN3OS. The van der Waals surface area contributed by atoms with Crippen LogP contribution in [0.5, 0.6) is 5.75 Å². The number of fused-ring (bicyclic) bond motifs is 1. The molecule has 3 aromatic rings. The van der Waals surface area contributed by atoms with E-state index in [2.05, 4.69) is 17.0 Å². The average Bonchev–Trinajstić information content (AvgIpc) is 3.07. The fourth-order valence-corrected chi connectivity index (χ4v) is 3.42. The second-order valence-electron chi connectivity index (χ2n) is 5.15. The Morgan fingerprint density at radius 1 is 1.16 bits per heavy atom. The molecule has 0 amide bonds. The van der Waals surface area contributed by atoms with E-state index in [0.717, 1.165) is 33.4 Å². The van der Waals surface area contributed by atoms with Crippen LogP contribution in [-0.2, 0) is 0 Å². The Bertz CT molecular complexity index is 802. The maximum Gasteiger partial charge on any atom is 0.158 e. The molecular weight excluding hydrogens is 354 g/mol. The molecule has 0 aliphatic rings. The van der Waals surface area contributed by atoms with E-state index in [1.165, 1.54) is 12.8 Å². The monoisotopic (exact) mass is 377 g/mol. The number of hydrogen-bond donors (Lipinski definition) is 0. The van der Waals surface area contributed by atoms with E-state index in [-0.39, 0.29) is 0 Å². The first-order valence-corrected chi connectivity index (χ1v) is 9.91. The standard InChI is InChI=1S/C17H18ClN3OS.C2H6/c1-3-4-9-23-17-11-16-19-14(10-15(18)21(16)20-17)12-5-7-13(22-2)8-6-12;1-2/h5-8,10-11H,3-4,9H2,1-2H3;1-2H3. The van der Waals surface area contributed by atoms with Gasteiger partial charge in [-0.1, -0.05) is 38.8 Å². The Balaban J connectivity index is 0.00000109. The van der Waals surface area contributed by atoms with Gasteiger partial charge in [0.25, 0.3) is 0 Å². The zero-order valence-electron chi connectivity index (χ0n) is 15.1. The van der Waals surface area contributed by atoms with Crippen LogP contribution in [0.3, 0.4) is 0 Å². The molecule has 0 aliphatic carbocycles. The summed E-state index contributed by atoms with van der Waals surface area (Å²) >= 11 is 8.11. The quantitative estimate of drug-likeness (QED) is 0.301. The molecule has 0 radical (unpaired) electrons. The summed E-state index contributed by atoms with van der Waals surface area (Å²) in [7, 11) is 1.65. The Hall–Kier alpha value is -1.72. The SMILES string of the molecule is CC.CCCCSc1cc2nc(-c3ccc(OC)cc3)cc(Cl)n2n1. The lowest BCUT2D eigenvalue weighted by Gasteiger charge is -2.05. The second kappa shape index (κ2) is 9.68. The highest BCUT2D eigenvalue weighted by atomic mass is 35.5. The van der Waals surface area contributed by atoms with E-state index >= 15 is 0 Å². The highest BCUT2D eigenvalue weighted by molar-refractivity contribution is 7.99. The van der Waals surface area contributed by atoms with Gasteiger partial charge < -0.3 is 4.74 Å². The van der Waals surface area contributed by atoms with E-state index in [1.54, 1.807) is 23.4 Å². The van der Waals surface area contributed by atoms with Gasteiger partial charge in [0, 0.05) is 17.7 Å². The number of thioether (sulfide) groups is 1. The molecule has 0 saturated heterocycles. The van der Waals surface area contributed by atoms with Gasteiger partial charge in [-0.3, -0.25) is 0 Å². The van der Waals surface area contributed by atoms with E-state index < -0.39 is 0 Å². The van der Waals surface area contributed by atoms with Gasteiger partial charge in [0.1, 0.15) is 15.9 Å². The number of benzene rings is 1. The van der Waals surface area contributed by atoms with Crippen LogP contribution in [0.1, 0.15) is 33.6 Å². The minimum Gasteiger partial charge on any atom is -0.497 e. The number of halogens is 1. The van der Waals surface area contributed by atoms with E-state index in [9.17, 15) is 0 Å². The van der Waals surface area contributed by atoms with E-state index in [0.29, 0.717) is 5.15 Å². The van der Waals surface area contributed by atoms with Crippen molar-refractivity contribution >= 4 is 29.0 Å². The van der Waals surface area contributed by atoms with Gasteiger partial charge in [-0.25, -0.2) is 9.50 Å². The number of aromatic nitrogens is 3. The Labute approximate surface area is 158 Å². The lowest BCUT2D eigenvalue weighted by atomic mass is 10.1. The molecule has 4 nitrogen and oxygen atoms in total. The van der Waals surface area contributed by atoms with Crippen molar-refractivity contribution in [2.75, 3.05) is 12.9 Å². The zero-order chi connectivity index (χ0) is 18.2. The molecule has 2 aromatic heterocycles. The van der Waals surface area contributed by atoms with Crippen molar-refractivity contribution in [1.29, 1.82) is 0 Å².